The molecule has 2 aromatic rings. The van der Waals surface area contributed by atoms with Gasteiger partial charge >= 0.3 is 0 Å². The molecule has 1 aromatic carbocycles. The first kappa shape index (κ1) is 14.1. The summed E-state index contributed by atoms with van der Waals surface area (Å²) in [5.74, 6) is 1.61. The van der Waals surface area contributed by atoms with Gasteiger partial charge in [-0.15, -0.1) is 0 Å². The van der Waals surface area contributed by atoms with Crippen molar-refractivity contribution in [3.8, 4) is 5.75 Å². The fourth-order valence-electron chi connectivity index (χ4n) is 2.35. The summed E-state index contributed by atoms with van der Waals surface area (Å²) in [5, 5.41) is 0.526. The second kappa shape index (κ2) is 5.85. The van der Waals surface area contributed by atoms with Gasteiger partial charge in [-0.1, -0.05) is 43.1 Å². The highest BCUT2D eigenvalue weighted by molar-refractivity contribution is 14.1. The van der Waals surface area contributed by atoms with Crippen LogP contribution in [-0.4, -0.2) is 9.97 Å². The molecular weight excluding hydrogens is 387 g/mol. The fraction of sp³-hybridized carbons (Fsp3) is 0.333. The second-order valence-electron chi connectivity index (χ2n) is 4.80. The van der Waals surface area contributed by atoms with Crippen LogP contribution in [0.5, 0.6) is 5.75 Å². The lowest BCUT2D eigenvalue weighted by Crippen LogP contribution is -2.12. The van der Waals surface area contributed by atoms with Crippen molar-refractivity contribution in [1.82, 2.24) is 9.97 Å². The molecule has 0 saturated heterocycles. The molecule has 0 N–H and O–H groups in total. The second-order valence-corrected chi connectivity index (χ2v) is 6.24. The molecule has 5 heteroatoms. The minimum absolute atomic E-state index is 0.127. The van der Waals surface area contributed by atoms with E-state index < -0.39 is 0 Å². The van der Waals surface area contributed by atoms with E-state index in [2.05, 4.69) is 45.5 Å². The molecule has 3 rings (SSSR count). The molecule has 1 aliphatic rings. The van der Waals surface area contributed by atoms with Gasteiger partial charge < -0.3 is 4.74 Å². The minimum Gasteiger partial charge on any atom is -0.482 e. The SMILES string of the molecule is CCCc1nc(C2Cc3ccccc3O2)nc(Cl)c1I. The summed E-state index contributed by atoms with van der Waals surface area (Å²) in [5.41, 5.74) is 2.22. The molecule has 0 aliphatic carbocycles. The lowest BCUT2D eigenvalue weighted by molar-refractivity contribution is 0.227. The first-order chi connectivity index (χ1) is 9.69. The normalized spacial score (nSPS) is 16.9. The smallest absolute Gasteiger partial charge is 0.171 e. The lowest BCUT2D eigenvalue weighted by atomic mass is 10.1. The molecule has 20 heavy (non-hydrogen) atoms. The lowest BCUT2D eigenvalue weighted by Gasteiger charge is -2.12. The van der Waals surface area contributed by atoms with Crippen LogP contribution in [0.25, 0.3) is 0 Å². The number of para-hydroxylation sites is 1. The van der Waals surface area contributed by atoms with E-state index in [1.165, 1.54) is 5.56 Å². The van der Waals surface area contributed by atoms with Crippen LogP contribution in [0, 0.1) is 3.57 Å². The number of ether oxygens (including phenoxy) is 1. The number of rotatable bonds is 3. The van der Waals surface area contributed by atoms with Gasteiger partial charge in [0.2, 0.25) is 0 Å². The molecule has 0 fully saturated rings. The largest absolute Gasteiger partial charge is 0.482 e. The number of benzene rings is 1. The molecule has 104 valence electrons. The van der Waals surface area contributed by atoms with Gasteiger partial charge in [-0.2, -0.15) is 0 Å². The Morgan fingerprint density at radius 2 is 2.15 bits per heavy atom. The van der Waals surface area contributed by atoms with Gasteiger partial charge in [-0.05, 0) is 40.6 Å². The Labute approximate surface area is 136 Å². The molecular formula is C15H14ClIN2O. The quantitative estimate of drug-likeness (QED) is 0.567. The van der Waals surface area contributed by atoms with Crippen molar-refractivity contribution < 1.29 is 4.74 Å². The van der Waals surface area contributed by atoms with Crippen LogP contribution in [0.4, 0.5) is 0 Å². The van der Waals surface area contributed by atoms with Crippen LogP contribution in [0.1, 0.15) is 36.5 Å². The number of hydrogen-bond acceptors (Lipinski definition) is 3. The van der Waals surface area contributed by atoms with Crippen molar-refractivity contribution >= 4 is 34.2 Å². The Morgan fingerprint density at radius 1 is 1.35 bits per heavy atom. The number of halogens is 2. The van der Waals surface area contributed by atoms with Crippen molar-refractivity contribution in [2.24, 2.45) is 0 Å². The molecule has 0 radical (unpaired) electrons. The summed E-state index contributed by atoms with van der Waals surface area (Å²) in [4.78, 5) is 9.06. The van der Waals surface area contributed by atoms with Gasteiger partial charge in [-0.25, -0.2) is 9.97 Å². The van der Waals surface area contributed by atoms with E-state index in [0.717, 1.165) is 34.3 Å². The van der Waals surface area contributed by atoms with E-state index in [1.807, 2.05) is 18.2 Å². The van der Waals surface area contributed by atoms with Gasteiger partial charge in [-0.3, -0.25) is 0 Å². The first-order valence-electron chi connectivity index (χ1n) is 6.65. The maximum atomic E-state index is 6.23. The third kappa shape index (κ3) is 2.63. The van der Waals surface area contributed by atoms with Crippen molar-refractivity contribution in [2.45, 2.75) is 32.3 Å². The Balaban J connectivity index is 1.93. The molecule has 0 saturated carbocycles. The summed E-state index contributed by atoms with van der Waals surface area (Å²) in [6, 6.07) is 8.06. The maximum Gasteiger partial charge on any atom is 0.171 e. The van der Waals surface area contributed by atoms with E-state index in [1.54, 1.807) is 0 Å². The predicted molar refractivity (Wildman–Crippen MR) is 87.3 cm³/mol. The number of nitrogens with zero attached hydrogens (tertiary/aromatic N) is 2. The molecule has 1 aliphatic heterocycles. The van der Waals surface area contributed by atoms with Crippen LogP contribution < -0.4 is 4.74 Å². The van der Waals surface area contributed by atoms with Crippen molar-refractivity contribution in [1.29, 1.82) is 0 Å². The average molecular weight is 401 g/mol. The topological polar surface area (TPSA) is 35.0 Å². The monoisotopic (exact) mass is 400 g/mol. The fourth-order valence-corrected chi connectivity index (χ4v) is 3.06. The number of fused-ring (bicyclic) bond motifs is 1. The van der Waals surface area contributed by atoms with Gasteiger partial charge in [0.15, 0.2) is 11.9 Å². The van der Waals surface area contributed by atoms with E-state index in [0.29, 0.717) is 11.0 Å². The number of hydrogen-bond donors (Lipinski definition) is 0. The van der Waals surface area contributed by atoms with Crippen LogP contribution in [-0.2, 0) is 12.8 Å². The Bertz CT molecular complexity index is 623. The van der Waals surface area contributed by atoms with Gasteiger partial charge in [0.25, 0.3) is 0 Å². The molecule has 0 bridgehead atoms. The zero-order chi connectivity index (χ0) is 14.1. The molecule has 1 aromatic heterocycles. The predicted octanol–water partition coefficient (Wildman–Crippen LogP) is 4.36. The van der Waals surface area contributed by atoms with E-state index in [4.69, 9.17) is 16.3 Å². The Morgan fingerprint density at radius 3 is 2.90 bits per heavy atom. The third-order valence-electron chi connectivity index (χ3n) is 3.32. The zero-order valence-corrected chi connectivity index (χ0v) is 14.0. The van der Waals surface area contributed by atoms with Crippen molar-refractivity contribution in [3.63, 3.8) is 0 Å². The molecule has 0 spiro atoms. The molecule has 1 unspecified atom stereocenters. The Hall–Kier alpha value is -0.880. The average Bonchev–Trinajstić information content (AvgIpc) is 2.87. The highest BCUT2D eigenvalue weighted by atomic mass is 127. The molecule has 3 nitrogen and oxygen atoms in total. The van der Waals surface area contributed by atoms with Crippen molar-refractivity contribution in [2.75, 3.05) is 0 Å². The maximum absolute atomic E-state index is 6.23. The summed E-state index contributed by atoms with van der Waals surface area (Å²) >= 11 is 8.44. The van der Waals surface area contributed by atoms with Crippen LogP contribution >= 0.6 is 34.2 Å². The van der Waals surface area contributed by atoms with Crippen LogP contribution in [0.2, 0.25) is 5.15 Å². The summed E-state index contributed by atoms with van der Waals surface area (Å²) in [6.45, 7) is 2.13. The molecule has 1 atom stereocenters. The van der Waals surface area contributed by atoms with Crippen molar-refractivity contribution in [3.05, 3.63) is 50.1 Å². The number of aryl methyl sites for hydroxylation is 1. The van der Waals surface area contributed by atoms with Gasteiger partial charge in [0.1, 0.15) is 10.9 Å². The first-order valence-corrected chi connectivity index (χ1v) is 8.11. The Kier molecular flexibility index (Phi) is 4.12. The molecule has 2 heterocycles. The van der Waals surface area contributed by atoms with E-state index in [9.17, 15) is 0 Å². The highest BCUT2D eigenvalue weighted by Crippen LogP contribution is 2.36. The molecule has 0 amide bonds. The van der Waals surface area contributed by atoms with Crippen LogP contribution in [0.15, 0.2) is 24.3 Å². The van der Waals surface area contributed by atoms with E-state index in [-0.39, 0.29) is 6.10 Å². The third-order valence-corrected chi connectivity index (χ3v) is 5.04. The van der Waals surface area contributed by atoms with Gasteiger partial charge in [0, 0.05) is 6.42 Å². The summed E-state index contributed by atoms with van der Waals surface area (Å²) < 4.78 is 6.88. The van der Waals surface area contributed by atoms with Gasteiger partial charge in [0.05, 0.1) is 9.26 Å². The zero-order valence-electron chi connectivity index (χ0n) is 11.1. The highest BCUT2D eigenvalue weighted by Gasteiger charge is 2.27. The number of aromatic nitrogens is 2. The minimum atomic E-state index is -0.127. The van der Waals surface area contributed by atoms with E-state index >= 15 is 0 Å². The summed E-state index contributed by atoms with van der Waals surface area (Å²) in [7, 11) is 0. The standard InChI is InChI=1S/C15H14ClIN2O/c1-2-5-10-13(17)14(16)19-15(18-10)12-8-9-6-3-4-7-11(9)20-12/h3-4,6-7,12H,2,5,8H2,1H3. The van der Waals surface area contributed by atoms with Crippen LogP contribution in [0.3, 0.4) is 0 Å². The summed E-state index contributed by atoms with van der Waals surface area (Å²) in [6.07, 6.45) is 2.62.